The van der Waals surface area contributed by atoms with Gasteiger partial charge in [-0.25, -0.2) is 9.78 Å². The van der Waals surface area contributed by atoms with Gasteiger partial charge >= 0.3 is 5.97 Å². The van der Waals surface area contributed by atoms with Crippen LogP contribution < -0.4 is 15.0 Å². The Labute approximate surface area is 164 Å². The Bertz CT molecular complexity index is 1120. The Morgan fingerprint density at radius 2 is 2.07 bits per heavy atom. The maximum Gasteiger partial charge on any atom is 0.351 e. The molecule has 0 spiro atoms. The highest BCUT2D eigenvalue weighted by Crippen LogP contribution is 2.31. The number of ether oxygens (including phenoxy) is 3. The molecular formula is C20H18N2O5S. The molecule has 0 saturated carbocycles. The number of esters is 1. The van der Waals surface area contributed by atoms with Crippen molar-refractivity contribution in [1.29, 1.82) is 0 Å². The SMILES string of the molecule is O=C(OCc1cc(=O)n2c3c(sc2n1)CCCC3)[C@H]1COc2ccccc2O1. The van der Waals surface area contributed by atoms with Crippen molar-refractivity contribution in [2.75, 3.05) is 6.61 Å². The fourth-order valence-electron chi connectivity index (χ4n) is 3.59. The standard InChI is InChI=1S/C20H18N2O5S/c23-18-9-12(21-20-22(18)13-5-1-4-8-17(13)28-20)10-26-19(24)16-11-25-14-6-2-3-7-15(14)27-16/h2-3,6-7,9,16H,1,4-5,8,10-11H2/t16-/m1/s1. The number of carbonyl (C=O) groups is 1. The van der Waals surface area contributed by atoms with E-state index >= 15 is 0 Å². The lowest BCUT2D eigenvalue weighted by molar-refractivity contribution is -0.156. The van der Waals surface area contributed by atoms with Crippen molar-refractivity contribution in [3.05, 3.63) is 57.0 Å². The van der Waals surface area contributed by atoms with Crippen molar-refractivity contribution in [3.8, 4) is 11.5 Å². The van der Waals surface area contributed by atoms with Crippen LogP contribution in [0, 0.1) is 0 Å². The van der Waals surface area contributed by atoms with E-state index in [0.29, 0.717) is 22.2 Å². The average Bonchev–Trinajstić information content (AvgIpc) is 3.10. The number of nitrogens with zero attached hydrogens (tertiary/aromatic N) is 2. The fourth-order valence-corrected chi connectivity index (χ4v) is 4.82. The van der Waals surface area contributed by atoms with Gasteiger partial charge in [0.25, 0.3) is 5.56 Å². The number of carbonyl (C=O) groups excluding carboxylic acids is 1. The first-order valence-electron chi connectivity index (χ1n) is 9.27. The number of hydrogen-bond donors (Lipinski definition) is 0. The van der Waals surface area contributed by atoms with E-state index in [4.69, 9.17) is 14.2 Å². The summed E-state index contributed by atoms with van der Waals surface area (Å²) in [4.78, 5) is 31.3. The van der Waals surface area contributed by atoms with Crippen molar-refractivity contribution < 1.29 is 19.0 Å². The molecule has 2 aliphatic rings. The Kier molecular flexibility index (Phi) is 4.27. The van der Waals surface area contributed by atoms with E-state index in [9.17, 15) is 9.59 Å². The Balaban J connectivity index is 1.31. The van der Waals surface area contributed by atoms with Gasteiger partial charge in [-0.15, -0.1) is 11.3 Å². The van der Waals surface area contributed by atoms with E-state index in [1.54, 1.807) is 27.9 Å². The number of fused-ring (bicyclic) bond motifs is 4. The van der Waals surface area contributed by atoms with Gasteiger partial charge in [-0.05, 0) is 37.8 Å². The van der Waals surface area contributed by atoms with Gasteiger partial charge in [0.05, 0.1) is 5.69 Å². The molecule has 1 atom stereocenters. The molecule has 0 bridgehead atoms. The van der Waals surface area contributed by atoms with Gasteiger partial charge in [-0.1, -0.05) is 12.1 Å². The molecule has 0 fully saturated rings. The van der Waals surface area contributed by atoms with E-state index in [0.717, 1.165) is 31.4 Å². The van der Waals surface area contributed by atoms with Crippen LogP contribution in [0.4, 0.5) is 0 Å². The molecule has 8 heteroatoms. The molecular weight excluding hydrogens is 380 g/mol. The molecule has 1 aliphatic carbocycles. The Hall–Kier alpha value is -2.87. The third-order valence-electron chi connectivity index (χ3n) is 4.95. The zero-order valence-corrected chi connectivity index (χ0v) is 15.9. The minimum Gasteiger partial charge on any atom is -0.485 e. The molecule has 7 nitrogen and oxygen atoms in total. The number of para-hydroxylation sites is 2. The van der Waals surface area contributed by atoms with Gasteiger partial charge in [0.1, 0.15) is 13.2 Å². The first-order chi connectivity index (χ1) is 13.7. The molecule has 3 aromatic rings. The third-order valence-corrected chi connectivity index (χ3v) is 6.09. The molecule has 144 valence electrons. The van der Waals surface area contributed by atoms with Crippen molar-refractivity contribution in [3.63, 3.8) is 0 Å². The van der Waals surface area contributed by atoms with E-state index in [1.807, 2.05) is 12.1 Å². The largest absolute Gasteiger partial charge is 0.485 e. The normalized spacial score (nSPS) is 17.9. The molecule has 1 aromatic carbocycles. The van der Waals surface area contributed by atoms with E-state index in [-0.39, 0.29) is 18.8 Å². The average molecular weight is 398 g/mol. The predicted molar refractivity (Wildman–Crippen MR) is 102 cm³/mol. The van der Waals surface area contributed by atoms with Crippen molar-refractivity contribution in [1.82, 2.24) is 9.38 Å². The van der Waals surface area contributed by atoms with Crippen LogP contribution in [0.25, 0.3) is 4.96 Å². The quantitative estimate of drug-likeness (QED) is 0.631. The predicted octanol–water partition coefficient (Wildman–Crippen LogP) is 2.52. The van der Waals surface area contributed by atoms with Crippen molar-refractivity contribution in [2.24, 2.45) is 0 Å². The monoisotopic (exact) mass is 398 g/mol. The molecule has 3 heterocycles. The van der Waals surface area contributed by atoms with Crippen LogP contribution in [0.1, 0.15) is 29.1 Å². The lowest BCUT2D eigenvalue weighted by Crippen LogP contribution is -2.37. The van der Waals surface area contributed by atoms with Crippen LogP contribution in [0.15, 0.2) is 35.1 Å². The molecule has 0 radical (unpaired) electrons. The molecule has 0 unspecified atom stereocenters. The third kappa shape index (κ3) is 3.03. The van der Waals surface area contributed by atoms with Gasteiger partial charge in [-0.3, -0.25) is 9.20 Å². The first-order valence-corrected chi connectivity index (χ1v) is 10.1. The first kappa shape index (κ1) is 17.2. The minimum absolute atomic E-state index is 0.0748. The van der Waals surface area contributed by atoms with Crippen LogP contribution in [0.2, 0.25) is 0 Å². The zero-order valence-electron chi connectivity index (χ0n) is 15.1. The van der Waals surface area contributed by atoms with E-state index in [2.05, 4.69) is 4.98 Å². The molecule has 0 N–H and O–H groups in total. The van der Waals surface area contributed by atoms with E-state index < -0.39 is 12.1 Å². The number of aryl methyl sites for hydroxylation is 2. The summed E-state index contributed by atoms with van der Waals surface area (Å²) in [5.74, 6) is 0.577. The van der Waals surface area contributed by atoms with Crippen molar-refractivity contribution >= 4 is 22.3 Å². The van der Waals surface area contributed by atoms with Crippen LogP contribution >= 0.6 is 11.3 Å². The number of rotatable bonds is 3. The Morgan fingerprint density at radius 1 is 1.25 bits per heavy atom. The summed E-state index contributed by atoms with van der Waals surface area (Å²) in [6, 6.07) is 8.61. The lowest BCUT2D eigenvalue weighted by atomic mass is 10.0. The topological polar surface area (TPSA) is 79.1 Å². The second-order valence-corrected chi connectivity index (χ2v) is 7.92. The van der Waals surface area contributed by atoms with Crippen LogP contribution in [-0.4, -0.2) is 28.1 Å². The summed E-state index contributed by atoms with van der Waals surface area (Å²) in [6.07, 6.45) is 3.30. The molecule has 28 heavy (non-hydrogen) atoms. The summed E-state index contributed by atoms with van der Waals surface area (Å²) < 4.78 is 18.2. The molecule has 1 aliphatic heterocycles. The zero-order chi connectivity index (χ0) is 19.1. The van der Waals surface area contributed by atoms with Gasteiger partial charge in [-0.2, -0.15) is 0 Å². The minimum atomic E-state index is -0.839. The number of thiazole rings is 1. The summed E-state index contributed by atoms with van der Waals surface area (Å²) in [7, 11) is 0. The van der Waals surface area contributed by atoms with Gasteiger partial charge < -0.3 is 14.2 Å². The van der Waals surface area contributed by atoms with Crippen molar-refractivity contribution in [2.45, 2.75) is 38.4 Å². The smallest absolute Gasteiger partial charge is 0.351 e. The lowest BCUT2D eigenvalue weighted by Gasteiger charge is -2.24. The maximum absolute atomic E-state index is 12.6. The number of benzene rings is 1. The van der Waals surface area contributed by atoms with Gasteiger partial charge in [0.15, 0.2) is 16.5 Å². The summed E-state index contributed by atoms with van der Waals surface area (Å²) >= 11 is 1.55. The Morgan fingerprint density at radius 3 is 2.96 bits per heavy atom. The molecule has 0 saturated heterocycles. The molecule has 2 aromatic heterocycles. The highest BCUT2D eigenvalue weighted by molar-refractivity contribution is 7.17. The maximum atomic E-state index is 12.6. The van der Waals surface area contributed by atoms with Crippen LogP contribution in [0.3, 0.4) is 0 Å². The number of aromatic nitrogens is 2. The highest BCUT2D eigenvalue weighted by Gasteiger charge is 2.29. The van der Waals surface area contributed by atoms with Crippen LogP contribution in [0.5, 0.6) is 11.5 Å². The summed E-state index contributed by atoms with van der Waals surface area (Å²) in [6.45, 7) is 0.0112. The highest BCUT2D eigenvalue weighted by atomic mass is 32.1. The van der Waals surface area contributed by atoms with Crippen LogP contribution in [-0.2, 0) is 29.0 Å². The summed E-state index contributed by atoms with van der Waals surface area (Å²) in [5, 5.41) is 0. The van der Waals surface area contributed by atoms with E-state index in [1.165, 1.54) is 10.9 Å². The number of hydrogen-bond acceptors (Lipinski definition) is 7. The molecule has 5 rings (SSSR count). The fraction of sp³-hybridized carbons (Fsp3) is 0.350. The van der Waals surface area contributed by atoms with Gasteiger partial charge in [0, 0.05) is 16.6 Å². The second-order valence-electron chi connectivity index (χ2n) is 6.85. The second kappa shape index (κ2) is 6.94. The van der Waals surface area contributed by atoms with Gasteiger partial charge in [0.2, 0.25) is 6.10 Å². The summed E-state index contributed by atoms with van der Waals surface area (Å²) in [5.41, 5.74) is 1.40. The molecule has 0 amide bonds.